The van der Waals surface area contributed by atoms with Crippen LogP contribution in [0.15, 0.2) is 42.7 Å². The number of Topliss-reactive ketones (excluding diaryl/α,β-unsaturated/α-hetero) is 1. The van der Waals surface area contributed by atoms with Crippen molar-refractivity contribution in [3.63, 3.8) is 0 Å². The predicted molar refractivity (Wildman–Crippen MR) is 91.2 cm³/mol. The Labute approximate surface area is 140 Å². The minimum Gasteiger partial charge on any atom is -0.478 e. The van der Waals surface area contributed by atoms with E-state index in [0.29, 0.717) is 12.1 Å². The number of nitrogens with zero attached hydrogens (tertiary/aromatic N) is 2. The highest BCUT2D eigenvalue weighted by Gasteiger charge is 2.30. The number of anilines is 1. The third-order valence-electron chi connectivity index (χ3n) is 4.30. The van der Waals surface area contributed by atoms with E-state index in [-0.39, 0.29) is 23.7 Å². The fourth-order valence-electron chi connectivity index (χ4n) is 2.75. The molecule has 0 unspecified atom stereocenters. The lowest BCUT2D eigenvalue weighted by molar-refractivity contribution is -0.119. The van der Waals surface area contributed by atoms with Crippen molar-refractivity contribution in [1.29, 1.82) is 0 Å². The molecule has 1 N–H and O–H groups in total. The first-order chi connectivity index (χ1) is 11.5. The van der Waals surface area contributed by atoms with Gasteiger partial charge in [0.2, 0.25) is 0 Å². The molecule has 1 aromatic heterocycles. The van der Waals surface area contributed by atoms with Crippen molar-refractivity contribution < 1.29 is 14.7 Å². The Kier molecular flexibility index (Phi) is 4.60. The molecule has 0 atom stereocenters. The average molecular weight is 324 g/mol. The second-order valence-corrected chi connectivity index (χ2v) is 6.28. The first-order valence-corrected chi connectivity index (χ1v) is 8.03. The molecule has 0 radical (unpaired) electrons. The van der Waals surface area contributed by atoms with E-state index in [9.17, 15) is 14.7 Å². The molecular weight excluding hydrogens is 304 g/mol. The highest BCUT2D eigenvalue weighted by molar-refractivity contribution is 5.94. The van der Waals surface area contributed by atoms with Crippen LogP contribution in [0.2, 0.25) is 0 Å². The molecule has 1 aliphatic rings. The van der Waals surface area contributed by atoms with Crippen molar-refractivity contribution >= 4 is 17.4 Å². The second kappa shape index (κ2) is 6.83. The zero-order valence-electron chi connectivity index (χ0n) is 13.6. The van der Waals surface area contributed by atoms with E-state index in [1.54, 1.807) is 24.5 Å². The highest BCUT2D eigenvalue weighted by atomic mass is 16.4. The van der Waals surface area contributed by atoms with E-state index in [1.807, 2.05) is 30.1 Å². The number of carboxylic acid groups (broad SMARTS) is 1. The van der Waals surface area contributed by atoms with Gasteiger partial charge >= 0.3 is 5.97 Å². The van der Waals surface area contributed by atoms with Gasteiger partial charge in [-0.3, -0.25) is 9.78 Å². The quantitative estimate of drug-likeness (QED) is 0.848. The lowest BCUT2D eigenvalue weighted by Crippen LogP contribution is -2.18. The molecule has 0 bridgehead atoms. The molecule has 5 nitrogen and oxygen atoms in total. The van der Waals surface area contributed by atoms with Crippen LogP contribution in [0.4, 0.5) is 5.69 Å². The minimum atomic E-state index is -0.995. The van der Waals surface area contributed by atoms with Crippen molar-refractivity contribution in [3.05, 3.63) is 59.4 Å². The van der Waals surface area contributed by atoms with Gasteiger partial charge in [-0.15, -0.1) is 0 Å². The summed E-state index contributed by atoms with van der Waals surface area (Å²) in [5.74, 6) is -0.709. The van der Waals surface area contributed by atoms with Crippen molar-refractivity contribution in [2.45, 2.75) is 25.8 Å². The van der Waals surface area contributed by atoms with Crippen molar-refractivity contribution in [2.75, 3.05) is 11.9 Å². The van der Waals surface area contributed by atoms with Crippen LogP contribution in [0.25, 0.3) is 0 Å². The summed E-state index contributed by atoms with van der Waals surface area (Å²) in [7, 11) is 1.91. The van der Waals surface area contributed by atoms with Gasteiger partial charge in [-0.25, -0.2) is 4.79 Å². The van der Waals surface area contributed by atoms with Crippen LogP contribution in [-0.2, 0) is 17.8 Å². The van der Waals surface area contributed by atoms with Crippen molar-refractivity contribution in [1.82, 2.24) is 4.98 Å². The molecule has 3 rings (SSSR count). The first-order valence-electron chi connectivity index (χ1n) is 8.03. The summed E-state index contributed by atoms with van der Waals surface area (Å²) in [5.41, 5.74) is 2.65. The number of aromatic carboxylic acids is 1. The van der Waals surface area contributed by atoms with Crippen LogP contribution >= 0.6 is 0 Å². The summed E-state index contributed by atoms with van der Waals surface area (Å²) >= 11 is 0. The Bertz CT molecular complexity index is 754. The Balaban J connectivity index is 1.80. The lowest BCUT2D eigenvalue weighted by atomic mass is 9.99. The number of rotatable bonds is 7. The van der Waals surface area contributed by atoms with Gasteiger partial charge in [0.15, 0.2) is 0 Å². The lowest BCUT2D eigenvalue weighted by Gasteiger charge is -2.20. The number of carbonyl (C=O) groups excluding carboxylic acids is 1. The van der Waals surface area contributed by atoms with Gasteiger partial charge in [-0.2, -0.15) is 0 Å². The predicted octanol–water partition coefficient (Wildman–Crippen LogP) is 2.94. The van der Waals surface area contributed by atoms with E-state index >= 15 is 0 Å². The van der Waals surface area contributed by atoms with Gasteiger partial charge in [0.1, 0.15) is 5.78 Å². The topological polar surface area (TPSA) is 70.5 Å². The zero-order valence-corrected chi connectivity index (χ0v) is 13.6. The van der Waals surface area contributed by atoms with E-state index in [4.69, 9.17) is 0 Å². The van der Waals surface area contributed by atoms with Crippen LogP contribution in [-0.4, -0.2) is 28.9 Å². The van der Waals surface area contributed by atoms with Crippen molar-refractivity contribution in [2.24, 2.45) is 5.92 Å². The Morgan fingerprint density at radius 1 is 1.29 bits per heavy atom. The maximum absolute atomic E-state index is 12.0. The van der Waals surface area contributed by atoms with Gasteiger partial charge in [0.05, 0.1) is 5.56 Å². The smallest absolute Gasteiger partial charge is 0.336 e. The van der Waals surface area contributed by atoms with Gasteiger partial charge in [0.25, 0.3) is 0 Å². The molecule has 1 aliphatic carbocycles. The number of hydrogen-bond acceptors (Lipinski definition) is 4. The largest absolute Gasteiger partial charge is 0.478 e. The van der Waals surface area contributed by atoms with E-state index < -0.39 is 5.97 Å². The van der Waals surface area contributed by atoms with Gasteiger partial charge in [0, 0.05) is 44.0 Å². The first kappa shape index (κ1) is 16.2. The fraction of sp³-hybridized carbons (Fsp3) is 0.316. The number of carbonyl (C=O) groups is 2. The molecule has 0 amide bonds. The average Bonchev–Trinajstić information content (AvgIpc) is 3.40. The Morgan fingerprint density at radius 3 is 2.71 bits per heavy atom. The summed E-state index contributed by atoms with van der Waals surface area (Å²) in [6.07, 6.45) is 5.59. The number of ketones is 1. The molecule has 1 saturated carbocycles. The molecule has 1 heterocycles. The summed E-state index contributed by atoms with van der Waals surface area (Å²) in [6, 6.07) is 9.13. The monoisotopic (exact) mass is 324 g/mol. The number of benzene rings is 1. The third kappa shape index (κ3) is 3.79. The highest BCUT2D eigenvalue weighted by Crippen LogP contribution is 2.31. The van der Waals surface area contributed by atoms with E-state index in [1.165, 1.54) is 0 Å². The Morgan fingerprint density at radius 2 is 2.08 bits per heavy atom. The summed E-state index contributed by atoms with van der Waals surface area (Å²) in [5, 5.41) is 9.49. The molecular formula is C19H20N2O3. The number of aromatic nitrogens is 1. The molecule has 0 aliphatic heterocycles. The molecule has 0 spiro atoms. The van der Waals surface area contributed by atoms with Crippen LogP contribution in [0.1, 0.15) is 34.3 Å². The number of pyridine rings is 1. The zero-order chi connectivity index (χ0) is 17.1. The van der Waals surface area contributed by atoms with Crippen LogP contribution in [0.3, 0.4) is 0 Å². The molecule has 5 heteroatoms. The van der Waals surface area contributed by atoms with Crippen LogP contribution < -0.4 is 4.90 Å². The maximum atomic E-state index is 12.0. The molecule has 2 aromatic rings. The Hall–Kier alpha value is -2.69. The molecule has 0 saturated heterocycles. The molecule has 124 valence electrons. The molecule has 24 heavy (non-hydrogen) atoms. The minimum absolute atomic E-state index is 0.138. The van der Waals surface area contributed by atoms with E-state index in [2.05, 4.69) is 4.98 Å². The summed E-state index contributed by atoms with van der Waals surface area (Å²) in [4.78, 5) is 29.6. The van der Waals surface area contributed by atoms with Crippen LogP contribution in [0.5, 0.6) is 0 Å². The van der Waals surface area contributed by atoms with Crippen molar-refractivity contribution in [3.8, 4) is 0 Å². The number of carboxylic acids is 1. The molecule has 1 aromatic carbocycles. The third-order valence-corrected chi connectivity index (χ3v) is 4.30. The molecule has 1 fully saturated rings. The summed E-state index contributed by atoms with van der Waals surface area (Å²) in [6.45, 7) is 0.632. The fourth-order valence-corrected chi connectivity index (χ4v) is 2.75. The van der Waals surface area contributed by atoms with Gasteiger partial charge in [-0.1, -0.05) is 12.1 Å². The number of hydrogen-bond donors (Lipinski definition) is 1. The normalized spacial score (nSPS) is 13.5. The standard InChI is InChI=1S/C19H20N2O3/c1-21(12-13-3-2-8-20-11-13)16-7-6-15(17(10-16)19(23)24)9-18(22)14-4-5-14/h2-3,6-8,10-11,14H,4-5,9,12H2,1H3,(H,23,24). The van der Waals surface area contributed by atoms with E-state index in [0.717, 1.165) is 24.1 Å². The second-order valence-electron chi connectivity index (χ2n) is 6.28. The maximum Gasteiger partial charge on any atom is 0.336 e. The summed E-state index contributed by atoms with van der Waals surface area (Å²) < 4.78 is 0. The van der Waals surface area contributed by atoms with Gasteiger partial charge in [-0.05, 0) is 42.2 Å². The van der Waals surface area contributed by atoms with Gasteiger partial charge < -0.3 is 10.0 Å². The van der Waals surface area contributed by atoms with Crippen LogP contribution in [0, 0.1) is 5.92 Å². The SMILES string of the molecule is CN(Cc1cccnc1)c1ccc(CC(=O)C2CC2)c(C(=O)O)c1.